The first-order chi connectivity index (χ1) is 14.5. The maximum Gasteiger partial charge on any atom is 0.161 e. The molecule has 0 saturated heterocycles. The molecule has 0 spiro atoms. The van der Waals surface area contributed by atoms with Crippen molar-refractivity contribution in [3.63, 3.8) is 0 Å². The number of hydrogen-bond donors (Lipinski definition) is 1. The predicted octanol–water partition coefficient (Wildman–Crippen LogP) is 7.22. The molecule has 158 valence electrons. The summed E-state index contributed by atoms with van der Waals surface area (Å²) < 4.78 is 11.4. The second-order valence-corrected chi connectivity index (χ2v) is 8.36. The zero-order valence-electron chi connectivity index (χ0n) is 16.4. The molecule has 1 N–H and O–H groups in total. The molecule has 3 aromatic rings. The van der Waals surface area contributed by atoms with Gasteiger partial charge in [0.1, 0.15) is 6.61 Å². The van der Waals surface area contributed by atoms with Crippen LogP contribution in [0.25, 0.3) is 0 Å². The number of hydrogen-bond acceptors (Lipinski definition) is 3. The van der Waals surface area contributed by atoms with Crippen LogP contribution in [0.15, 0.2) is 54.6 Å². The molecule has 0 bridgehead atoms. The minimum Gasteiger partial charge on any atom is -0.493 e. The number of nitrogens with one attached hydrogen (secondary N) is 1. The summed E-state index contributed by atoms with van der Waals surface area (Å²) in [5.74, 6) is 1.32. The Labute approximate surface area is 196 Å². The van der Waals surface area contributed by atoms with Crippen LogP contribution in [-0.4, -0.2) is 13.7 Å². The van der Waals surface area contributed by atoms with E-state index in [1.54, 1.807) is 25.3 Å². The van der Waals surface area contributed by atoms with Gasteiger partial charge in [0.15, 0.2) is 11.5 Å². The normalized spacial score (nSPS) is 10.8. The summed E-state index contributed by atoms with van der Waals surface area (Å²) in [6.45, 7) is 1.81. The average molecular weight is 485 g/mol. The quantitative estimate of drug-likeness (QED) is 0.325. The number of ether oxygens (including phenoxy) is 2. The molecule has 0 aliphatic carbocycles. The fourth-order valence-corrected chi connectivity index (χ4v) is 3.88. The molecule has 0 radical (unpaired) electrons. The minimum absolute atomic E-state index is 0.325. The van der Waals surface area contributed by atoms with Crippen LogP contribution in [0.4, 0.5) is 0 Å². The van der Waals surface area contributed by atoms with E-state index >= 15 is 0 Å². The van der Waals surface area contributed by atoms with Gasteiger partial charge in [0.05, 0.1) is 7.11 Å². The maximum atomic E-state index is 6.22. The van der Waals surface area contributed by atoms with E-state index in [9.17, 15) is 0 Å². The second-order valence-electron chi connectivity index (χ2n) is 6.67. The minimum atomic E-state index is 0.325. The molecule has 0 saturated carbocycles. The molecule has 0 aliphatic rings. The summed E-state index contributed by atoms with van der Waals surface area (Å²) in [6.07, 6.45) is 0.816. The van der Waals surface area contributed by atoms with Crippen LogP contribution in [0.1, 0.15) is 16.7 Å². The van der Waals surface area contributed by atoms with Crippen molar-refractivity contribution in [2.24, 2.45) is 0 Å². The van der Waals surface area contributed by atoms with Gasteiger partial charge < -0.3 is 14.8 Å². The van der Waals surface area contributed by atoms with E-state index in [1.807, 2.05) is 36.4 Å². The lowest BCUT2D eigenvalue weighted by molar-refractivity contribution is 0.284. The first-order valence-electron chi connectivity index (χ1n) is 9.34. The molecule has 0 atom stereocenters. The lowest BCUT2D eigenvalue weighted by atomic mass is 10.1. The third-order valence-electron chi connectivity index (χ3n) is 4.54. The zero-order valence-corrected chi connectivity index (χ0v) is 19.4. The molecule has 3 rings (SSSR count). The van der Waals surface area contributed by atoms with Crippen LogP contribution in [0.5, 0.6) is 11.5 Å². The number of benzene rings is 3. The van der Waals surface area contributed by atoms with Gasteiger partial charge in [-0.15, -0.1) is 0 Å². The van der Waals surface area contributed by atoms with Crippen molar-refractivity contribution in [3.8, 4) is 11.5 Å². The fraction of sp³-hybridized carbons (Fsp3) is 0.217. The second kappa shape index (κ2) is 11.1. The van der Waals surface area contributed by atoms with E-state index in [1.165, 1.54) is 0 Å². The molecular weight excluding hydrogens is 464 g/mol. The van der Waals surface area contributed by atoms with Crippen LogP contribution in [-0.2, 0) is 19.6 Å². The Hall–Kier alpha value is -1.62. The summed E-state index contributed by atoms with van der Waals surface area (Å²) in [7, 11) is 1.62. The van der Waals surface area contributed by atoms with Crippen LogP contribution in [0, 0.1) is 0 Å². The first kappa shape index (κ1) is 23.1. The Kier molecular flexibility index (Phi) is 8.55. The number of halogens is 4. The van der Waals surface area contributed by atoms with Gasteiger partial charge in [-0.3, -0.25) is 0 Å². The summed E-state index contributed by atoms with van der Waals surface area (Å²) in [4.78, 5) is 0. The van der Waals surface area contributed by atoms with E-state index in [0.29, 0.717) is 44.7 Å². The molecule has 3 nitrogen and oxygen atoms in total. The van der Waals surface area contributed by atoms with Crippen LogP contribution in [0.2, 0.25) is 20.1 Å². The van der Waals surface area contributed by atoms with E-state index in [0.717, 1.165) is 29.7 Å². The smallest absolute Gasteiger partial charge is 0.161 e. The zero-order chi connectivity index (χ0) is 21.5. The van der Waals surface area contributed by atoms with E-state index in [-0.39, 0.29) is 0 Å². The van der Waals surface area contributed by atoms with Crippen molar-refractivity contribution in [3.05, 3.63) is 91.4 Å². The number of rotatable bonds is 9. The largest absolute Gasteiger partial charge is 0.493 e. The highest BCUT2D eigenvalue weighted by Crippen LogP contribution is 2.30. The lowest BCUT2D eigenvalue weighted by Crippen LogP contribution is -2.16. The molecule has 0 amide bonds. The third-order valence-corrected chi connectivity index (χ3v) is 5.72. The van der Waals surface area contributed by atoms with E-state index < -0.39 is 0 Å². The van der Waals surface area contributed by atoms with Crippen molar-refractivity contribution < 1.29 is 9.47 Å². The van der Waals surface area contributed by atoms with Crippen LogP contribution in [0.3, 0.4) is 0 Å². The van der Waals surface area contributed by atoms with Gasteiger partial charge in [-0.2, -0.15) is 0 Å². The molecule has 3 aromatic carbocycles. The lowest BCUT2D eigenvalue weighted by Gasteiger charge is -2.13. The maximum absolute atomic E-state index is 6.22. The Bertz CT molecular complexity index is 1010. The van der Waals surface area contributed by atoms with Crippen LogP contribution >= 0.6 is 46.4 Å². The van der Waals surface area contributed by atoms with Crippen molar-refractivity contribution in [2.75, 3.05) is 13.7 Å². The molecule has 0 unspecified atom stereocenters. The van der Waals surface area contributed by atoms with Gasteiger partial charge >= 0.3 is 0 Å². The Balaban J connectivity index is 1.54. The summed E-state index contributed by atoms with van der Waals surface area (Å²) in [5.41, 5.74) is 3.01. The van der Waals surface area contributed by atoms with Crippen molar-refractivity contribution in [1.82, 2.24) is 5.32 Å². The molecule has 0 aromatic heterocycles. The van der Waals surface area contributed by atoms with Crippen LogP contribution < -0.4 is 14.8 Å². The highest BCUT2D eigenvalue weighted by Gasteiger charge is 2.09. The van der Waals surface area contributed by atoms with Crippen molar-refractivity contribution in [1.29, 1.82) is 0 Å². The van der Waals surface area contributed by atoms with Gasteiger partial charge in [-0.1, -0.05) is 64.6 Å². The molecule has 30 heavy (non-hydrogen) atoms. The Morgan fingerprint density at radius 2 is 1.43 bits per heavy atom. The summed E-state index contributed by atoms with van der Waals surface area (Å²) in [6, 6.07) is 16.8. The summed E-state index contributed by atoms with van der Waals surface area (Å²) >= 11 is 24.3. The molecule has 0 aliphatic heterocycles. The van der Waals surface area contributed by atoms with Gasteiger partial charge in [-0.25, -0.2) is 0 Å². The highest BCUT2D eigenvalue weighted by atomic mass is 35.5. The highest BCUT2D eigenvalue weighted by molar-refractivity contribution is 6.35. The summed E-state index contributed by atoms with van der Waals surface area (Å²) in [5, 5.41) is 5.91. The van der Waals surface area contributed by atoms with Crippen molar-refractivity contribution in [2.45, 2.75) is 19.6 Å². The van der Waals surface area contributed by atoms with Gasteiger partial charge in [0.25, 0.3) is 0 Å². The molecule has 7 heteroatoms. The molecular formula is C23H21Cl4NO2. The third kappa shape index (κ3) is 6.44. The van der Waals surface area contributed by atoms with Crippen molar-refractivity contribution >= 4 is 46.4 Å². The Morgan fingerprint density at radius 1 is 0.767 bits per heavy atom. The monoisotopic (exact) mass is 483 g/mol. The average Bonchev–Trinajstić information content (AvgIpc) is 2.72. The van der Waals surface area contributed by atoms with E-state index in [2.05, 4.69) is 5.32 Å². The van der Waals surface area contributed by atoms with E-state index in [4.69, 9.17) is 55.9 Å². The molecule has 0 heterocycles. The topological polar surface area (TPSA) is 30.5 Å². The predicted molar refractivity (Wildman–Crippen MR) is 126 cm³/mol. The van der Waals surface area contributed by atoms with Gasteiger partial charge in [-0.05, 0) is 60.5 Å². The molecule has 0 fully saturated rings. The first-order valence-corrected chi connectivity index (χ1v) is 10.9. The van der Waals surface area contributed by atoms with Gasteiger partial charge in [0.2, 0.25) is 0 Å². The van der Waals surface area contributed by atoms with Gasteiger partial charge in [0, 0.05) is 32.2 Å². The fourth-order valence-electron chi connectivity index (χ4n) is 2.92. The Morgan fingerprint density at radius 3 is 2.07 bits per heavy atom. The standard InChI is InChI=1S/C23H21Cl4NO2/c1-29-23-10-15(13-28-9-8-16-3-5-18(24)11-20(16)26)2-7-22(23)30-14-17-4-6-19(25)12-21(17)27/h2-7,10-12,28H,8-9,13-14H2,1H3. The number of methoxy groups -OCH3 is 1. The SMILES string of the molecule is COc1cc(CNCCc2ccc(Cl)cc2Cl)ccc1OCc1ccc(Cl)cc1Cl.